The minimum absolute atomic E-state index is 0.0803. The number of benzene rings is 2. The number of carbonyl (C=O) groups is 1. The lowest BCUT2D eigenvalue weighted by Crippen LogP contribution is -2.14. The molecule has 3 rings (SSSR count). The minimum atomic E-state index is -0.0803. The largest absolute Gasteiger partial charge is 0.497 e. The number of nitrogens with zero attached hydrogens (tertiary/aromatic N) is 1. The van der Waals surface area contributed by atoms with Crippen molar-refractivity contribution in [1.29, 1.82) is 0 Å². The van der Waals surface area contributed by atoms with Gasteiger partial charge in [0.2, 0.25) is 5.91 Å². The van der Waals surface area contributed by atoms with Crippen molar-refractivity contribution in [3.63, 3.8) is 0 Å². The molecule has 6 heteroatoms. The molecule has 0 atom stereocenters. The van der Waals surface area contributed by atoms with Crippen molar-refractivity contribution >= 4 is 48.5 Å². The number of hydrogen-bond donors (Lipinski definition) is 1. The summed E-state index contributed by atoms with van der Waals surface area (Å²) < 4.78 is 7.14. The Morgan fingerprint density at radius 2 is 2.05 bits per heavy atom. The van der Waals surface area contributed by atoms with Crippen LogP contribution in [0.1, 0.15) is 5.56 Å². The second-order valence-electron chi connectivity index (χ2n) is 4.70. The van der Waals surface area contributed by atoms with Crippen LogP contribution in [0.2, 0.25) is 0 Å². The first-order valence-electron chi connectivity index (χ1n) is 6.63. The van der Waals surface area contributed by atoms with Crippen molar-refractivity contribution < 1.29 is 9.53 Å². The van der Waals surface area contributed by atoms with Crippen molar-refractivity contribution in [2.24, 2.45) is 0 Å². The highest BCUT2D eigenvalue weighted by Crippen LogP contribution is 2.28. The number of methoxy groups -OCH3 is 1. The lowest BCUT2D eigenvalue weighted by Gasteiger charge is -2.03. The molecule has 0 saturated carbocycles. The number of rotatable bonds is 4. The lowest BCUT2D eigenvalue weighted by atomic mass is 10.1. The number of carbonyl (C=O) groups excluding carboxylic acids is 1. The van der Waals surface area contributed by atoms with E-state index in [2.05, 4.69) is 26.2 Å². The summed E-state index contributed by atoms with van der Waals surface area (Å²) in [5.74, 6) is 0.698. The molecule has 22 heavy (non-hydrogen) atoms. The van der Waals surface area contributed by atoms with Crippen molar-refractivity contribution in [2.45, 2.75) is 6.42 Å². The van der Waals surface area contributed by atoms with Crippen LogP contribution in [0, 0.1) is 0 Å². The normalized spacial score (nSPS) is 10.6. The Bertz CT molecular complexity index is 815. The average molecular weight is 377 g/mol. The highest BCUT2D eigenvalue weighted by molar-refractivity contribution is 9.10. The topological polar surface area (TPSA) is 51.2 Å². The van der Waals surface area contributed by atoms with Gasteiger partial charge in [0.25, 0.3) is 0 Å². The SMILES string of the molecule is COc1ccc(CC(=O)Nc2nc3ccc(Br)cc3s2)cc1. The first-order valence-corrected chi connectivity index (χ1v) is 8.24. The summed E-state index contributed by atoms with van der Waals surface area (Å²) in [6.07, 6.45) is 0.309. The molecule has 0 saturated heterocycles. The molecule has 0 fully saturated rings. The number of nitrogens with one attached hydrogen (secondary N) is 1. The molecular formula is C16H13BrN2O2S. The zero-order valence-corrected chi connectivity index (χ0v) is 14.2. The second kappa shape index (κ2) is 6.46. The van der Waals surface area contributed by atoms with Crippen LogP contribution in [-0.4, -0.2) is 18.0 Å². The monoisotopic (exact) mass is 376 g/mol. The van der Waals surface area contributed by atoms with Gasteiger partial charge < -0.3 is 10.1 Å². The van der Waals surface area contributed by atoms with Crippen LogP contribution in [-0.2, 0) is 11.2 Å². The number of halogens is 1. The molecule has 1 aromatic heterocycles. The zero-order valence-electron chi connectivity index (χ0n) is 11.8. The number of thiazole rings is 1. The van der Waals surface area contributed by atoms with E-state index in [4.69, 9.17) is 4.74 Å². The van der Waals surface area contributed by atoms with Crippen LogP contribution in [0.4, 0.5) is 5.13 Å². The molecule has 112 valence electrons. The summed E-state index contributed by atoms with van der Waals surface area (Å²) in [5, 5.41) is 3.47. The Kier molecular flexibility index (Phi) is 4.40. The minimum Gasteiger partial charge on any atom is -0.497 e. The third-order valence-electron chi connectivity index (χ3n) is 3.12. The number of fused-ring (bicyclic) bond motifs is 1. The number of ether oxygens (including phenoxy) is 1. The smallest absolute Gasteiger partial charge is 0.230 e. The highest BCUT2D eigenvalue weighted by Gasteiger charge is 2.09. The molecule has 1 N–H and O–H groups in total. The average Bonchev–Trinajstić information content (AvgIpc) is 2.89. The van der Waals surface area contributed by atoms with Crippen LogP contribution < -0.4 is 10.1 Å². The van der Waals surface area contributed by atoms with Crippen molar-refractivity contribution in [3.05, 3.63) is 52.5 Å². The van der Waals surface area contributed by atoms with Gasteiger partial charge in [0.05, 0.1) is 23.7 Å². The van der Waals surface area contributed by atoms with Gasteiger partial charge in [0, 0.05) is 4.47 Å². The lowest BCUT2D eigenvalue weighted by molar-refractivity contribution is -0.115. The molecule has 0 spiro atoms. The molecule has 4 nitrogen and oxygen atoms in total. The predicted octanol–water partition coefficient (Wildman–Crippen LogP) is 4.25. The second-order valence-corrected chi connectivity index (χ2v) is 6.65. The Labute approximate surface area is 140 Å². The number of anilines is 1. The van der Waals surface area contributed by atoms with E-state index in [1.807, 2.05) is 42.5 Å². The number of aromatic nitrogens is 1. The molecule has 0 radical (unpaired) electrons. The molecule has 0 aliphatic heterocycles. The van der Waals surface area contributed by atoms with Gasteiger partial charge in [-0.3, -0.25) is 4.79 Å². The Morgan fingerprint density at radius 1 is 1.27 bits per heavy atom. The number of hydrogen-bond acceptors (Lipinski definition) is 4. The van der Waals surface area contributed by atoms with Crippen LogP contribution in [0.25, 0.3) is 10.2 Å². The van der Waals surface area contributed by atoms with Gasteiger partial charge in [0.1, 0.15) is 5.75 Å². The maximum absolute atomic E-state index is 12.1. The van der Waals surface area contributed by atoms with Gasteiger partial charge in [-0.2, -0.15) is 0 Å². The van der Waals surface area contributed by atoms with Crippen LogP contribution in [0.3, 0.4) is 0 Å². The zero-order chi connectivity index (χ0) is 15.5. The van der Waals surface area contributed by atoms with Crippen LogP contribution in [0.5, 0.6) is 5.75 Å². The Morgan fingerprint density at radius 3 is 2.77 bits per heavy atom. The molecule has 0 aliphatic rings. The molecule has 0 bridgehead atoms. The Balaban J connectivity index is 1.69. The fourth-order valence-electron chi connectivity index (χ4n) is 2.04. The van der Waals surface area contributed by atoms with E-state index in [9.17, 15) is 4.79 Å². The molecule has 2 aromatic carbocycles. The summed E-state index contributed by atoms with van der Waals surface area (Å²) in [6.45, 7) is 0. The highest BCUT2D eigenvalue weighted by atomic mass is 79.9. The van der Waals surface area contributed by atoms with Crippen molar-refractivity contribution in [1.82, 2.24) is 4.98 Å². The summed E-state index contributed by atoms with van der Waals surface area (Å²) >= 11 is 4.89. The first kappa shape index (κ1) is 15.0. The first-order chi connectivity index (χ1) is 10.6. The van der Waals surface area contributed by atoms with Gasteiger partial charge >= 0.3 is 0 Å². The van der Waals surface area contributed by atoms with Crippen molar-refractivity contribution in [2.75, 3.05) is 12.4 Å². The van der Waals surface area contributed by atoms with Gasteiger partial charge in [-0.15, -0.1) is 0 Å². The van der Waals surface area contributed by atoms with Gasteiger partial charge in [-0.25, -0.2) is 4.98 Å². The molecule has 0 aliphatic carbocycles. The molecular weight excluding hydrogens is 364 g/mol. The Hall–Kier alpha value is -1.92. The fourth-order valence-corrected chi connectivity index (χ4v) is 3.48. The third-order valence-corrected chi connectivity index (χ3v) is 4.55. The van der Waals surface area contributed by atoms with Gasteiger partial charge in [-0.1, -0.05) is 39.4 Å². The summed E-state index contributed by atoms with van der Waals surface area (Å²) in [6, 6.07) is 13.3. The fraction of sp³-hybridized carbons (Fsp3) is 0.125. The molecule has 1 amide bonds. The van der Waals surface area contributed by atoms with Crippen molar-refractivity contribution in [3.8, 4) is 5.75 Å². The van der Waals surface area contributed by atoms with Gasteiger partial charge in [-0.05, 0) is 35.9 Å². The summed E-state index contributed by atoms with van der Waals surface area (Å²) in [4.78, 5) is 16.5. The van der Waals surface area contributed by atoms with E-state index in [1.165, 1.54) is 11.3 Å². The number of amides is 1. The summed E-state index contributed by atoms with van der Waals surface area (Å²) in [7, 11) is 1.62. The molecule has 1 heterocycles. The molecule has 0 unspecified atom stereocenters. The quantitative estimate of drug-likeness (QED) is 0.740. The van der Waals surface area contributed by atoms with E-state index in [0.29, 0.717) is 11.6 Å². The predicted molar refractivity (Wildman–Crippen MR) is 92.6 cm³/mol. The van der Waals surface area contributed by atoms with E-state index in [0.717, 1.165) is 26.0 Å². The standard InChI is InChI=1S/C16H13BrN2O2S/c1-21-12-5-2-10(3-6-12)8-15(20)19-16-18-13-7-4-11(17)9-14(13)22-16/h2-7,9H,8H2,1H3,(H,18,19,20). The van der Waals surface area contributed by atoms with Gasteiger partial charge in [0.15, 0.2) is 5.13 Å². The van der Waals surface area contributed by atoms with E-state index in [-0.39, 0.29) is 5.91 Å². The van der Waals surface area contributed by atoms with E-state index >= 15 is 0 Å². The maximum atomic E-state index is 12.1. The maximum Gasteiger partial charge on any atom is 0.230 e. The van der Waals surface area contributed by atoms with Crippen LogP contribution in [0.15, 0.2) is 46.9 Å². The van der Waals surface area contributed by atoms with E-state index < -0.39 is 0 Å². The van der Waals surface area contributed by atoms with E-state index in [1.54, 1.807) is 7.11 Å². The molecule has 3 aromatic rings. The summed E-state index contributed by atoms with van der Waals surface area (Å²) in [5.41, 5.74) is 1.81. The third kappa shape index (κ3) is 3.45. The van der Waals surface area contributed by atoms with Crippen LogP contribution >= 0.6 is 27.3 Å².